The van der Waals surface area contributed by atoms with Crippen molar-refractivity contribution < 1.29 is 4.52 Å². The second-order valence-electron chi connectivity index (χ2n) is 4.50. The zero-order valence-corrected chi connectivity index (χ0v) is 12.4. The summed E-state index contributed by atoms with van der Waals surface area (Å²) in [4.78, 5) is 8.70. The zero-order chi connectivity index (χ0) is 15.4. The third-order valence-corrected chi connectivity index (χ3v) is 3.23. The average Bonchev–Trinajstić information content (AvgIpc) is 3.03. The van der Waals surface area contributed by atoms with Gasteiger partial charge in [0.05, 0.1) is 5.56 Å². The number of pyridine rings is 1. The Balaban J connectivity index is 1.94. The normalized spacial score (nSPS) is 10.4. The first-order chi connectivity index (χ1) is 10.8. The van der Waals surface area contributed by atoms with E-state index in [-0.39, 0.29) is 0 Å². The van der Waals surface area contributed by atoms with E-state index in [9.17, 15) is 0 Å². The van der Waals surface area contributed by atoms with Crippen LogP contribution in [0, 0.1) is 0 Å². The van der Waals surface area contributed by atoms with E-state index < -0.39 is 0 Å². The summed E-state index contributed by atoms with van der Waals surface area (Å²) in [6, 6.07) is 11.0. The van der Waals surface area contributed by atoms with Crippen molar-refractivity contribution in [1.29, 1.82) is 0 Å². The molecule has 0 aliphatic heterocycles. The second kappa shape index (κ2) is 6.41. The SMILES string of the molecule is C=CCNc1ncccc1-c1nc(-c2ccc(Cl)cc2)no1. The van der Waals surface area contributed by atoms with E-state index in [1.165, 1.54) is 0 Å². The molecule has 0 aliphatic rings. The minimum atomic E-state index is 0.407. The number of rotatable bonds is 5. The first-order valence-electron chi connectivity index (χ1n) is 6.68. The lowest BCUT2D eigenvalue weighted by Gasteiger charge is -2.05. The van der Waals surface area contributed by atoms with Gasteiger partial charge < -0.3 is 9.84 Å². The minimum Gasteiger partial charge on any atom is -0.366 e. The third-order valence-electron chi connectivity index (χ3n) is 2.98. The van der Waals surface area contributed by atoms with Gasteiger partial charge in [-0.05, 0) is 36.4 Å². The van der Waals surface area contributed by atoms with Gasteiger partial charge in [0.15, 0.2) is 0 Å². The maximum Gasteiger partial charge on any atom is 0.261 e. The maximum atomic E-state index is 5.88. The minimum absolute atomic E-state index is 0.407. The van der Waals surface area contributed by atoms with Crippen LogP contribution in [0.5, 0.6) is 0 Å². The predicted molar refractivity (Wildman–Crippen MR) is 86.7 cm³/mol. The van der Waals surface area contributed by atoms with E-state index in [0.717, 1.165) is 11.1 Å². The van der Waals surface area contributed by atoms with Crippen LogP contribution in [0.25, 0.3) is 22.8 Å². The summed E-state index contributed by atoms with van der Waals surface area (Å²) in [5.74, 6) is 1.59. The van der Waals surface area contributed by atoms with Crippen molar-refractivity contribution in [3.63, 3.8) is 0 Å². The van der Waals surface area contributed by atoms with Crippen LogP contribution in [0.3, 0.4) is 0 Å². The summed E-state index contributed by atoms with van der Waals surface area (Å²) < 4.78 is 5.36. The molecule has 2 heterocycles. The van der Waals surface area contributed by atoms with Gasteiger partial charge in [-0.15, -0.1) is 6.58 Å². The van der Waals surface area contributed by atoms with Crippen LogP contribution in [-0.4, -0.2) is 21.7 Å². The quantitative estimate of drug-likeness (QED) is 0.720. The molecule has 5 nitrogen and oxygen atoms in total. The van der Waals surface area contributed by atoms with Crippen molar-refractivity contribution >= 4 is 17.4 Å². The topological polar surface area (TPSA) is 63.8 Å². The number of aromatic nitrogens is 3. The summed E-state index contributed by atoms with van der Waals surface area (Å²) in [5.41, 5.74) is 1.58. The lowest BCUT2D eigenvalue weighted by molar-refractivity contribution is 0.432. The molecule has 1 N–H and O–H groups in total. The van der Waals surface area contributed by atoms with E-state index in [2.05, 4.69) is 27.0 Å². The molecule has 0 spiro atoms. The lowest BCUT2D eigenvalue weighted by Crippen LogP contribution is -2.01. The van der Waals surface area contributed by atoms with Gasteiger partial charge in [0.2, 0.25) is 5.82 Å². The van der Waals surface area contributed by atoms with Crippen molar-refractivity contribution in [2.24, 2.45) is 0 Å². The van der Waals surface area contributed by atoms with Crippen molar-refractivity contribution in [2.45, 2.75) is 0 Å². The van der Waals surface area contributed by atoms with Gasteiger partial charge in [-0.3, -0.25) is 0 Å². The Morgan fingerprint density at radius 3 is 2.82 bits per heavy atom. The van der Waals surface area contributed by atoms with Gasteiger partial charge in [-0.25, -0.2) is 4.98 Å². The molecule has 0 bridgehead atoms. The molecule has 6 heteroatoms. The Morgan fingerprint density at radius 2 is 2.05 bits per heavy atom. The van der Waals surface area contributed by atoms with Crippen molar-refractivity contribution in [3.05, 3.63) is 60.3 Å². The molecule has 3 rings (SSSR count). The molecule has 0 saturated carbocycles. The summed E-state index contributed by atoms with van der Waals surface area (Å²) in [6.07, 6.45) is 3.46. The van der Waals surface area contributed by atoms with Gasteiger partial charge in [0.25, 0.3) is 5.89 Å². The highest BCUT2D eigenvalue weighted by atomic mass is 35.5. The van der Waals surface area contributed by atoms with Crippen LogP contribution in [0.15, 0.2) is 59.8 Å². The van der Waals surface area contributed by atoms with E-state index in [4.69, 9.17) is 16.1 Å². The number of benzene rings is 1. The Bertz CT molecular complexity index is 783. The molecule has 1 aromatic carbocycles. The van der Waals surface area contributed by atoms with Crippen LogP contribution in [-0.2, 0) is 0 Å². The van der Waals surface area contributed by atoms with E-state index in [0.29, 0.717) is 29.1 Å². The van der Waals surface area contributed by atoms with Crippen LogP contribution < -0.4 is 5.32 Å². The Labute approximate surface area is 132 Å². The molecule has 0 amide bonds. The zero-order valence-electron chi connectivity index (χ0n) is 11.7. The van der Waals surface area contributed by atoms with Gasteiger partial charge in [-0.1, -0.05) is 22.8 Å². The summed E-state index contributed by atoms with van der Waals surface area (Å²) >= 11 is 5.88. The molecular weight excluding hydrogens is 300 g/mol. The molecule has 0 atom stereocenters. The highest BCUT2D eigenvalue weighted by Crippen LogP contribution is 2.27. The summed E-state index contributed by atoms with van der Waals surface area (Å²) in [6.45, 7) is 4.28. The largest absolute Gasteiger partial charge is 0.366 e. The molecule has 110 valence electrons. The number of halogens is 1. The maximum absolute atomic E-state index is 5.88. The first-order valence-corrected chi connectivity index (χ1v) is 7.05. The molecule has 2 aromatic heterocycles. The molecule has 22 heavy (non-hydrogen) atoms. The third kappa shape index (κ3) is 2.99. The van der Waals surface area contributed by atoms with Gasteiger partial charge in [0, 0.05) is 23.3 Å². The van der Waals surface area contributed by atoms with Crippen LogP contribution >= 0.6 is 11.6 Å². The molecular formula is C16H13ClN4O. The number of hydrogen-bond acceptors (Lipinski definition) is 5. The van der Waals surface area contributed by atoms with E-state index in [1.54, 1.807) is 24.4 Å². The fourth-order valence-electron chi connectivity index (χ4n) is 1.94. The van der Waals surface area contributed by atoms with Crippen molar-refractivity contribution in [2.75, 3.05) is 11.9 Å². The summed E-state index contributed by atoms with van der Waals surface area (Å²) in [5, 5.41) is 7.82. The standard InChI is InChI=1S/C16H13ClN4O/c1-2-9-18-15-13(4-3-10-19-15)16-20-14(21-22-16)11-5-7-12(17)8-6-11/h2-8,10H,1,9H2,(H,18,19). The average molecular weight is 313 g/mol. The summed E-state index contributed by atoms with van der Waals surface area (Å²) in [7, 11) is 0. The van der Waals surface area contributed by atoms with Crippen molar-refractivity contribution in [3.8, 4) is 22.8 Å². The Kier molecular flexibility index (Phi) is 4.16. The first kappa shape index (κ1) is 14.3. The highest BCUT2D eigenvalue weighted by molar-refractivity contribution is 6.30. The Morgan fingerprint density at radius 1 is 1.23 bits per heavy atom. The highest BCUT2D eigenvalue weighted by Gasteiger charge is 2.14. The fraction of sp³-hybridized carbons (Fsp3) is 0.0625. The lowest BCUT2D eigenvalue weighted by atomic mass is 10.2. The molecule has 0 unspecified atom stereocenters. The molecule has 3 aromatic rings. The molecule has 0 aliphatic carbocycles. The van der Waals surface area contributed by atoms with Crippen LogP contribution in [0.2, 0.25) is 5.02 Å². The number of nitrogens with zero attached hydrogens (tertiary/aromatic N) is 3. The van der Waals surface area contributed by atoms with Crippen LogP contribution in [0.1, 0.15) is 0 Å². The number of anilines is 1. The number of hydrogen-bond donors (Lipinski definition) is 1. The van der Waals surface area contributed by atoms with Crippen LogP contribution in [0.4, 0.5) is 5.82 Å². The number of nitrogens with one attached hydrogen (secondary N) is 1. The fourth-order valence-corrected chi connectivity index (χ4v) is 2.06. The molecule has 0 fully saturated rings. The van der Waals surface area contributed by atoms with Gasteiger partial charge in [0.1, 0.15) is 5.82 Å². The van der Waals surface area contributed by atoms with Crippen molar-refractivity contribution in [1.82, 2.24) is 15.1 Å². The monoisotopic (exact) mass is 312 g/mol. The molecule has 0 radical (unpaired) electrons. The Hall–Kier alpha value is -2.66. The van der Waals surface area contributed by atoms with E-state index >= 15 is 0 Å². The van der Waals surface area contributed by atoms with Gasteiger partial charge >= 0.3 is 0 Å². The predicted octanol–water partition coefficient (Wildman–Crippen LogP) is 4.05. The van der Waals surface area contributed by atoms with E-state index in [1.807, 2.05) is 24.3 Å². The second-order valence-corrected chi connectivity index (χ2v) is 4.94. The smallest absolute Gasteiger partial charge is 0.261 e. The molecule has 0 saturated heterocycles. The van der Waals surface area contributed by atoms with Gasteiger partial charge in [-0.2, -0.15) is 4.98 Å².